The highest BCUT2D eigenvalue weighted by molar-refractivity contribution is 5.97. The number of rotatable bonds is 9. The highest BCUT2D eigenvalue weighted by Gasteiger charge is 2.44. The summed E-state index contributed by atoms with van der Waals surface area (Å²) in [6.07, 6.45) is -12.7. The minimum Gasteiger partial charge on any atom is -0.466 e. The second kappa shape index (κ2) is 14.7. The van der Waals surface area contributed by atoms with Crippen molar-refractivity contribution < 1.29 is 53.8 Å². The van der Waals surface area contributed by atoms with E-state index in [0.717, 1.165) is 18.2 Å². The molecule has 1 N–H and O–H groups in total. The first kappa shape index (κ1) is 37.9. The summed E-state index contributed by atoms with van der Waals surface area (Å²) >= 11 is 0. The summed E-state index contributed by atoms with van der Waals surface area (Å²) < 4.78 is 130. The largest absolute Gasteiger partial charge is 0.466 e. The van der Waals surface area contributed by atoms with Crippen molar-refractivity contribution in [3.8, 4) is 0 Å². The molecule has 2 heterocycles. The van der Waals surface area contributed by atoms with Gasteiger partial charge in [-0.2, -0.15) is 44.7 Å². The molecule has 278 valence electrons. The summed E-state index contributed by atoms with van der Waals surface area (Å²) in [6.45, 7) is 3.03. The molecule has 9 nitrogen and oxygen atoms in total. The molecule has 0 bridgehead atoms. The van der Waals surface area contributed by atoms with Gasteiger partial charge in [0.05, 0.1) is 29.3 Å². The van der Waals surface area contributed by atoms with Gasteiger partial charge >= 0.3 is 24.5 Å². The van der Waals surface area contributed by atoms with Crippen molar-refractivity contribution in [2.24, 2.45) is 11.8 Å². The maximum absolute atomic E-state index is 14.2. The van der Waals surface area contributed by atoms with E-state index >= 15 is 0 Å². The van der Waals surface area contributed by atoms with E-state index in [1.54, 1.807) is 13.8 Å². The van der Waals surface area contributed by atoms with Gasteiger partial charge in [0.25, 0.3) is 5.95 Å². The number of aromatic nitrogens is 4. The molecule has 2 aliphatic rings. The van der Waals surface area contributed by atoms with Gasteiger partial charge in [-0.3, -0.25) is 9.59 Å². The summed E-state index contributed by atoms with van der Waals surface area (Å²) in [5, 5.41) is 13.4. The molecule has 0 radical (unpaired) electrons. The number of carbonyl (C=O) groups excluding carboxylic acids is 2. The lowest BCUT2D eigenvalue weighted by atomic mass is 9.79. The Kier molecular flexibility index (Phi) is 10.9. The average molecular weight is 735 g/mol. The van der Waals surface area contributed by atoms with E-state index in [4.69, 9.17) is 4.74 Å². The smallest absolute Gasteiger partial charge is 0.416 e. The Balaban J connectivity index is 1.55. The zero-order chi connectivity index (χ0) is 37.3. The molecule has 1 aromatic heterocycles. The molecular formula is C33H35F9N6O3. The lowest BCUT2D eigenvalue weighted by molar-refractivity contribution is -0.145. The Labute approximate surface area is 286 Å². The van der Waals surface area contributed by atoms with Crippen molar-refractivity contribution in [2.45, 2.75) is 96.0 Å². The minimum atomic E-state index is -5.14. The third-order valence-corrected chi connectivity index (χ3v) is 9.47. The van der Waals surface area contributed by atoms with E-state index in [2.05, 4.69) is 20.6 Å². The highest BCUT2D eigenvalue weighted by Crippen LogP contribution is 2.47. The van der Waals surface area contributed by atoms with Crippen LogP contribution in [0.5, 0.6) is 0 Å². The first-order valence-electron chi connectivity index (χ1n) is 16.4. The molecule has 1 saturated carbocycles. The van der Waals surface area contributed by atoms with Crippen LogP contribution in [0, 0.1) is 11.8 Å². The zero-order valence-corrected chi connectivity index (χ0v) is 27.5. The van der Waals surface area contributed by atoms with Crippen molar-refractivity contribution in [1.82, 2.24) is 20.6 Å². The number of aromatic amines is 1. The maximum Gasteiger partial charge on any atom is 0.416 e. The third kappa shape index (κ3) is 8.57. The number of carbonyl (C=O) groups is 2. The fourth-order valence-electron chi connectivity index (χ4n) is 7.02. The van der Waals surface area contributed by atoms with Crippen molar-refractivity contribution in [3.63, 3.8) is 0 Å². The van der Waals surface area contributed by atoms with Crippen LogP contribution in [0.15, 0.2) is 36.4 Å². The van der Waals surface area contributed by atoms with Gasteiger partial charge in [-0.1, -0.05) is 12.0 Å². The normalized spacial score (nSPS) is 21.3. The van der Waals surface area contributed by atoms with Crippen LogP contribution in [-0.2, 0) is 39.4 Å². The van der Waals surface area contributed by atoms with Crippen LogP contribution in [0.2, 0.25) is 0 Å². The van der Waals surface area contributed by atoms with Crippen LogP contribution in [0.4, 0.5) is 51.1 Å². The molecule has 3 aromatic rings. The number of alkyl halides is 9. The predicted octanol–water partition coefficient (Wildman–Crippen LogP) is 8.28. The number of anilines is 2. The molecule has 5 rings (SSSR count). The lowest BCUT2D eigenvalue weighted by Crippen LogP contribution is -2.50. The van der Waals surface area contributed by atoms with Gasteiger partial charge < -0.3 is 14.5 Å². The van der Waals surface area contributed by atoms with Gasteiger partial charge in [0.1, 0.15) is 0 Å². The quantitative estimate of drug-likeness (QED) is 0.174. The number of hydrogen-bond acceptors (Lipinski definition) is 7. The van der Waals surface area contributed by atoms with Crippen LogP contribution in [-0.4, -0.2) is 45.1 Å². The summed E-state index contributed by atoms with van der Waals surface area (Å²) in [5.74, 6) is -1.43. The number of esters is 1. The number of fused-ring (bicyclic) bond motifs is 1. The number of ether oxygens (including phenoxy) is 1. The first-order valence-corrected chi connectivity index (χ1v) is 16.4. The van der Waals surface area contributed by atoms with Crippen LogP contribution < -0.4 is 9.80 Å². The van der Waals surface area contributed by atoms with E-state index in [1.165, 1.54) is 9.80 Å². The van der Waals surface area contributed by atoms with Gasteiger partial charge in [0.15, 0.2) is 0 Å². The Morgan fingerprint density at radius 2 is 1.51 bits per heavy atom. The number of tetrazole rings is 1. The molecular weight excluding hydrogens is 699 g/mol. The number of H-pyrrole nitrogens is 1. The first-order chi connectivity index (χ1) is 23.9. The Morgan fingerprint density at radius 3 is 2.04 bits per heavy atom. The van der Waals surface area contributed by atoms with Gasteiger partial charge in [0.2, 0.25) is 5.91 Å². The number of hydrogen-bond donors (Lipinski definition) is 1. The number of nitrogens with one attached hydrogen (secondary N) is 1. The van der Waals surface area contributed by atoms with Crippen LogP contribution in [0.25, 0.3) is 0 Å². The lowest BCUT2D eigenvalue weighted by Gasteiger charge is -2.46. The van der Waals surface area contributed by atoms with E-state index in [9.17, 15) is 49.1 Å². The van der Waals surface area contributed by atoms with Crippen molar-refractivity contribution >= 4 is 23.5 Å². The third-order valence-electron chi connectivity index (χ3n) is 9.47. The van der Waals surface area contributed by atoms with Gasteiger partial charge in [0, 0.05) is 30.6 Å². The van der Waals surface area contributed by atoms with E-state index < -0.39 is 65.3 Å². The number of benzene rings is 2. The molecule has 51 heavy (non-hydrogen) atoms. The predicted molar refractivity (Wildman–Crippen MR) is 164 cm³/mol. The molecule has 18 heteroatoms. The van der Waals surface area contributed by atoms with Crippen LogP contribution in [0.1, 0.15) is 92.7 Å². The molecule has 1 fully saturated rings. The minimum absolute atomic E-state index is 0.0136. The standard InChI is InChI=1S/C33H35F9N6O3/c1-3-24-16-27(47(30-43-45-46-44-30)17-19-11-22(32(37,38)39)14-23(12-19)33(40,41)42)25-15-21(31(34,35)36)9-10-26(25)48(24)29(50)20-7-5-18(6-8-20)13-28(49)51-4-2/h9-12,14-15,18,20,24,27H,3-8,13,16-17H2,1-2H3,(H,43,44,45,46). The molecule has 2 aromatic carbocycles. The summed E-state index contributed by atoms with van der Waals surface area (Å²) in [5.41, 5.74) is -4.57. The van der Waals surface area contributed by atoms with Gasteiger partial charge in [-0.25, -0.2) is 0 Å². The average Bonchev–Trinajstić information content (AvgIpc) is 3.60. The van der Waals surface area contributed by atoms with Gasteiger partial charge in [-0.05, 0) is 104 Å². The van der Waals surface area contributed by atoms with Crippen molar-refractivity contribution in [2.75, 3.05) is 16.4 Å². The van der Waals surface area contributed by atoms with E-state index in [0.29, 0.717) is 44.2 Å². The van der Waals surface area contributed by atoms with Crippen molar-refractivity contribution in [3.05, 3.63) is 64.2 Å². The summed E-state index contributed by atoms with van der Waals surface area (Å²) in [4.78, 5) is 28.9. The molecule has 1 amide bonds. The van der Waals surface area contributed by atoms with Crippen LogP contribution in [0.3, 0.4) is 0 Å². The Hall–Kier alpha value is -4.38. The Bertz CT molecular complexity index is 1650. The van der Waals surface area contributed by atoms with E-state index in [-0.39, 0.29) is 60.5 Å². The SMILES string of the molecule is CCOC(=O)CC1CCC(C(=O)N2c3ccc(C(F)(F)F)cc3C(N(Cc3cc(C(F)(F)F)cc(C(F)(F)F)c3)c3nn[nH]n3)CC2CC)CC1. The number of nitrogens with zero attached hydrogens (tertiary/aromatic N) is 5. The fraction of sp³-hybridized carbons (Fsp3) is 0.545. The molecule has 0 spiro atoms. The summed E-state index contributed by atoms with van der Waals surface area (Å²) in [6, 6.07) is 2.09. The monoisotopic (exact) mass is 734 g/mol. The fourth-order valence-corrected chi connectivity index (χ4v) is 7.02. The molecule has 1 aliphatic carbocycles. The second-order valence-corrected chi connectivity index (χ2v) is 12.8. The van der Waals surface area contributed by atoms with Crippen LogP contribution >= 0.6 is 0 Å². The topological polar surface area (TPSA) is 104 Å². The molecule has 0 saturated heterocycles. The maximum atomic E-state index is 14.2. The zero-order valence-electron chi connectivity index (χ0n) is 27.5. The van der Waals surface area contributed by atoms with E-state index in [1.807, 2.05) is 0 Å². The van der Waals surface area contributed by atoms with Gasteiger partial charge in [-0.15, -0.1) is 5.10 Å². The second-order valence-electron chi connectivity index (χ2n) is 12.8. The number of amides is 1. The summed E-state index contributed by atoms with van der Waals surface area (Å²) in [7, 11) is 0. The van der Waals surface area contributed by atoms with Crippen molar-refractivity contribution in [1.29, 1.82) is 0 Å². The Morgan fingerprint density at radius 1 is 0.882 bits per heavy atom. The highest BCUT2D eigenvalue weighted by atomic mass is 19.4. The molecule has 2 atom stereocenters. The molecule has 1 aliphatic heterocycles. The number of halogens is 9. The molecule has 2 unspecified atom stereocenters.